The van der Waals surface area contributed by atoms with Crippen molar-refractivity contribution in [3.63, 3.8) is 0 Å². The summed E-state index contributed by atoms with van der Waals surface area (Å²) in [4.78, 5) is 12.5. The van der Waals surface area contributed by atoms with Gasteiger partial charge in [0.15, 0.2) is 11.5 Å². The van der Waals surface area contributed by atoms with E-state index >= 15 is 0 Å². The van der Waals surface area contributed by atoms with Crippen LogP contribution in [0.15, 0.2) is 72.3 Å². The number of benzene rings is 3. The van der Waals surface area contributed by atoms with Gasteiger partial charge >= 0.3 is 0 Å². The van der Waals surface area contributed by atoms with Crippen molar-refractivity contribution in [1.29, 1.82) is 5.26 Å². The van der Waals surface area contributed by atoms with E-state index in [2.05, 4.69) is 5.32 Å². The van der Waals surface area contributed by atoms with Crippen LogP contribution in [-0.2, 0) is 11.4 Å². The molecule has 1 N–H and O–H groups in total. The minimum absolute atomic E-state index is 0.0777. The fourth-order valence-corrected chi connectivity index (χ4v) is 3.01. The molecule has 0 saturated carbocycles. The molecule has 3 aromatic rings. The Labute approximate surface area is 190 Å². The highest BCUT2D eigenvalue weighted by Crippen LogP contribution is 2.30. The van der Waals surface area contributed by atoms with Crippen LogP contribution in [0, 0.1) is 11.3 Å². The Bertz CT molecular complexity index is 1160. The van der Waals surface area contributed by atoms with Gasteiger partial charge < -0.3 is 14.8 Å². The van der Waals surface area contributed by atoms with Gasteiger partial charge in [-0.1, -0.05) is 59.6 Å². The normalized spacial score (nSPS) is 10.8. The summed E-state index contributed by atoms with van der Waals surface area (Å²) in [6.07, 6.45) is 1.47. The van der Waals surface area contributed by atoms with Gasteiger partial charge in [-0.2, -0.15) is 5.26 Å². The van der Waals surface area contributed by atoms with Crippen LogP contribution in [0.1, 0.15) is 11.1 Å². The lowest BCUT2D eigenvalue weighted by molar-refractivity contribution is -0.112. The Morgan fingerprint density at radius 3 is 2.48 bits per heavy atom. The Hall–Kier alpha value is -3.46. The molecule has 0 fully saturated rings. The van der Waals surface area contributed by atoms with Crippen molar-refractivity contribution in [1.82, 2.24) is 0 Å². The molecule has 0 unspecified atom stereocenters. The molecule has 3 aromatic carbocycles. The predicted octanol–water partition coefficient (Wildman–Crippen LogP) is 6.13. The van der Waals surface area contributed by atoms with Gasteiger partial charge in [0, 0.05) is 5.69 Å². The first-order valence-corrected chi connectivity index (χ1v) is 9.98. The van der Waals surface area contributed by atoms with Crippen LogP contribution in [0.2, 0.25) is 10.0 Å². The maximum atomic E-state index is 12.5. The van der Waals surface area contributed by atoms with Crippen LogP contribution in [0.4, 0.5) is 5.69 Å². The number of amides is 1. The van der Waals surface area contributed by atoms with Crippen LogP contribution in [-0.4, -0.2) is 13.0 Å². The maximum absolute atomic E-state index is 12.5. The van der Waals surface area contributed by atoms with Crippen molar-refractivity contribution >= 4 is 40.9 Å². The molecule has 0 heterocycles. The van der Waals surface area contributed by atoms with Gasteiger partial charge in [0.05, 0.1) is 17.2 Å². The molecular formula is C24H18Cl2N2O3. The third-order valence-electron chi connectivity index (χ3n) is 4.28. The van der Waals surface area contributed by atoms with E-state index in [4.69, 9.17) is 32.7 Å². The van der Waals surface area contributed by atoms with Gasteiger partial charge in [0.1, 0.15) is 18.2 Å². The monoisotopic (exact) mass is 452 g/mol. The molecule has 156 valence electrons. The van der Waals surface area contributed by atoms with Gasteiger partial charge in [-0.15, -0.1) is 0 Å². The smallest absolute Gasteiger partial charge is 0.266 e. The second-order valence-corrected chi connectivity index (χ2v) is 7.25. The van der Waals surface area contributed by atoms with E-state index in [0.717, 1.165) is 5.56 Å². The van der Waals surface area contributed by atoms with E-state index < -0.39 is 5.91 Å². The van der Waals surface area contributed by atoms with E-state index in [0.29, 0.717) is 39.4 Å². The number of carbonyl (C=O) groups is 1. The molecule has 1 amide bonds. The fraction of sp³-hybridized carbons (Fsp3) is 0.0833. The minimum Gasteiger partial charge on any atom is -0.493 e. The topological polar surface area (TPSA) is 71.3 Å². The number of ether oxygens (including phenoxy) is 2. The lowest BCUT2D eigenvalue weighted by atomic mass is 10.1. The van der Waals surface area contributed by atoms with Crippen molar-refractivity contribution in [3.05, 3.63) is 93.5 Å². The molecule has 0 aliphatic rings. The van der Waals surface area contributed by atoms with Crippen LogP contribution in [0.3, 0.4) is 0 Å². The first kappa shape index (κ1) is 22.2. The number of rotatable bonds is 7. The Balaban J connectivity index is 1.75. The van der Waals surface area contributed by atoms with Gasteiger partial charge in [0.2, 0.25) is 0 Å². The zero-order valence-corrected chi connectivity index (χ0v) is 18.1. The number of hydrogen-bond acceptors (Lipinski definition) is 4. The number of carbonyl (C=O) groups excluding carboxylic acids is 1. The third-order valence-corrected chi connectivity index (χ3v) is 5.02. The zero-order valence-electron chi connectivity index (χ0n) is 16.6. The molecule has 0 saturated heterocycles. The molecule has 0 atom stereocenters. The van der Waals surface area contributed by atoms with Crippen LogP contribution < -0.4 is 14.8 Å². The summed E-state index contributed by atoms with van der Waals surface area (Å²) in [6, 6.07) is 21.5. The molecule has 0 spiro atoms. The largest absolute Gasteiger partial charge is 0.493 e. The number of nitrogens with one attached hydrogen (secondary N) is 1. The number of nitrogens with zero attached hydrogens (tertiary/aromatic N) is 1. The lowest BCUT2D eigenvalue weighted by Crippen LogP contribution is -2.13. The van der Waals surface area contributed by atoms with E-state index in [9.17, 15) is 10.1 Å². The molecule has 0 aromatic heterocycles. The van der Waals surface area contributed by atoms with Crippen molar-refractivity contribution in [2.24, 2.45) is 0 Å². The molecule has 0 aliphatic heterocycles. The second-order valence-electron chi connectivity index (χ2n) is 6.44. The number of hydrogen-bond donors (Lipinski definition) is 1. The summed E-state index contributed by atoms with van der Waals surface area (Å²) >= 11 is 11.8. The van der Waals surface area contributed by atoms with Gasteiger partial charge in [-0.3, -0.25) is 4.79 Å². The first-order chi connectivity index (χ1) is 15.0. The molecule has 31 heavy (non-hydrogen) atoms. The molecule has 0 aliphatic carbocycles. The summed E-state index contributed by atoms with van der Waals surface area (Å²) in [7, 11) is 1.53. The van der Waals surface area contributed by atoms with Crippen LogP contribution >= 0.6 is 23.2 Å². The van der Waals surface area contributed by atoms with Crippen molar-refractivity contribution in [2.45, 2.75) is 6.61 Å². The van der Waals surface area contributed by atoms with Gasteiger partial charge in [0.25, 0.3) is 5.91 Å². The lowest BCUT2D eigenvalue weighted by Gasteiger charge is -2.11. The van der Waals surface area contributed by atoms with Crippen molar-refractivity contribution in [3.8, 4) is 17.6 Å². The Kier molecular flexibility index (Phi) is 7.55. The van der Waals surface area contributed by atoms with Crippen LogP contribution in [0.5, 0.6) is 11.5 Å². The summed E-state index contributed by atoms with van der Waals surface area (Å²) in [5, 5.41) is 12.8. The summed E-state index contributed by atoms with van der Waals surface area (Å²) in [5.41, 5.74) is 2.00. The standard InChI is InChI=1S/C24H18Cl2N2O3/c1-30-23-12-17(7-10-22(23)31-15-16-5-3-2-4-6-16)11-18(14-27)24(29)28-19-8-9-20(25)21(26)13-19/h2-13H,15H2,1H3,(H,28,29)/b18-11-. The van der Waals surface area contributed by atoms with Crippen molar-refractivity contribution < 1.29 is 14.3 Å². The van der Waals surface area contributed by atoms with Gasteiger partial charge in [-0.05, 0) is 47.5 Å². The average molecular weight is 453 g/mol. The average Bonchev–Trinajstić information content (AvgIpc) is 2.79. The van der Waals surface area contributed by atoms with Crippen LogP contribution in [0.25, 0.3) is 6.08 Å². The number of methoxy groups -OCH3 is 1. The predicted molar refractivity (Wildman–Crippen MR) is 122 cm³/mol. The van der Waals surface area contributed by atoms with E-state index in [1.807, 2.05) is 36.4 Å². The Morgan fingerprint density at radius 2 is 1.81 bits per heavy atom. The zero-order chi connectivity index (χ0) is 22.2. The van der Waals surface area contributed by atoms with Crippen molar-refractivity contribution in [2.75, 3.05) is 12.4 Å². The number of nitriles is 1. The van der Waals surface area contributed by atoms with E-state index in [1.54, 1.807) is 30.3 Å². The molecular weight excluding hydrogens is 435 g/mol. The third kappa shape index (κ3) is 6.02. The minimum atomic E-state index is -0.565. The highest BCUT2D eigenvalue weighted by atomic mass is 35.5. The fourth-order valence-electron chi connectivity index (χ4n) is 2.72. The molecule has 3 rings (SSSR count). The molecule has 7 heteroatoms. The summed E-state index contributed by atoms with van der Waals surface area (Å²) in [6.45, 7) is 0.391. The summed E-state index contributed by atoms with van der Waals surface area (Å²) < 4.78 is 11.2. The maximum Gasteiger partial charge on any atom is 0.266 e. The molecule has 0 radical (unpaired) electrons. The highest BCUT2D eigenvalue weighted by Gasteiger charge is 2.12. The quantitative estimate of drug-likeness (QED) is 0.345. The first-order valence-electron chi connectivity index (χ1n) is 9.23. The van der Waals surface area contributed by atoms with Gasteiger partial charge in [-0.25, -0.2) is 0 Å². The summed E-state index contributed by atoms with van der Waals surface area (Å²) in [5.74, 6) is 0.485. The number of halogens is 2. The molecule has 0 bridgehead atoms. The SMILES string of the molecule is COc1cc(/C=C(/C#N)C(=O)Nc2ccc(Cl)c(Cl)c2)ccc1OCc1ccccc1. The van der Waals surface area contributed by atoms with E-state index in [-0.39, 0.29) is 5.57 Å². The number of anilines is 1. The van der Waals surface area contributed by atoms with E-state index in [1.165, 1.54) is 19.3 Å². The Morgan fingerprint density at radius 1 is 1.03 bits per heavy atom. The second kappa shape index (κ2) is 10.5. The molecule has 5 nitrogen and oxygen atoms in total. The highest BCUT2D eigenvalue weighted by molar-refractivity contribution is 6.42.